The van der Waals surface area contributed by atoms with Gasteiger partial charge in [-0.3, -0.25) is 9.59 Å². The van der Waals surface area contributed by atoms with Crippen molar-refractivity contribution in [1.82, 2.24) is 20.1 Å². The molecule has 1 saturated heterocycles. The Labute approximate surface area is 373 Å². The first-order valence-electron chi connectivity index (χ1n) is 20.9. The zero-order valence-electron chi connectivity index (χ0n) is 35.3. The lowest BCUT2D eigenvalue weighted by molar-refractivity contribution is -0.124. The molecule has 5 aromatic rings. The second kappa shape index (κ2) is 22.5. The number of benzene rings is 3. The SMILES string of the molecule is CCn1cc(C(=O)O)c(=O)c2cc(F)c(N3CCN(C(=O)OCc4ccc(NC(O)C(/C=C/CCCN)NC(=O)C(Cc5cccs5)NC(=O)OCc5ccccc5)cc4)CC3)cc21. The minimum absolute atomic E-state index is 0.0202. The average molecular weight is 898 g/mol. The minimum atomic E-state index is -1.38. The lowest BCUT2D eigenvalue weighted by atomic mass is 10.1. The number of aromatic carboxylic acids is 1. The van der Waals surface area contributed by atoms with Crippen LogP contribution in [0.25, 0.3) is 10.9 Å². The highest BCUT2D eigenvalue weighted by Crippen LogP contribution is 2.27. The third-order valence-electron chi connectivity index (χ3n) is 10.6. The number of amides is 3. The molecule has 3 atom stereocenters. The Bertz CT molecular complexity index is 2460. The van der Waals surface area contributed by atoms with E-state index in [1.807, 2.05) is 53.9 Å². The monoisotopic (exact) mass is 897 g/mol. The van der Waals surface area contributed by atoms with Crippen LogP contribution in [0.1, 0.15) is 46.1 Å². The van der Waals surface area contributed by atoms with Crippen LogP contribution >= 0.6 is 11.3 Å². The molecule has 1 aliphatic rings. The van der Waals surface area contributed by atoms with E-state index in [1.165, 1.54) is 22.4 Å². The zero-order chi connectivity index (χ0) is 45.6. The third kappa shape index (κ3) is 12.5. The van der Waals surface area contributed by atoms with Crippen molar-refractivity contribution in [2.24, 2.45) is 5.73 Å². The fourth-order valence-electron chi connectivity index (χ4n) is 7.10. The number of carbonyl (C=O) groups excluding carboxylic acids is 3. The number of aromatic nitrogens is 1. The summed E-state index contributed by atoms with van der Waals surface area (Å²) in [4.78, 5) is 68.2. The van der Waals surface area contributed by atoms with Gasteiger partial charge < -0.3 is 55.7 Å². The number of anilines is 2. The number of thiophene rings is 1. The summed E-state index contributed by atoms with van der Waals surface area (Å²) in [6.07, 6.45) is 3.68. The summed E-state index contributed by atoms with van der Waals surface area (Å²) in [5, 5.41) is 31.2. The number of nitrogens with one attached hydrogen (secondary N) is 3. The van der Waals surface area contributed by atoms with Gasteiger partial charge in [0.1, 0.15) is 36.9 Å². The maximum absolute atomic E-state index is 15.4. The Kier molecular flexibility index (Phi) is 16.5. The van der Waals surface area contributed by atoms with Gasteiger partial charge in [-0.1, -0.05) is 60.7 Å². The fourth-order valence-corrected chi connectivity index (χ4v) is 7.85. The van der Waals surface area contributed by atoms with Crippen molar-refractivity contribution in [1.29, 1.82) is 0 Å². The maximum Gasteiger partial charge on any atom is 0.410 e. The minimum Gasteiger partial charge on any atom is -0.477 e. The van der Waals surface area contributed by atoms with Crippen molar-refractivity contribution in [2.45, 2.75) is 64.3 Å². The second-order valence-corrected chi connectivity index (χ2v) is 16.1. The van der Waals surface area contributed by atoms with Crippen molar-refractivity contribution in [3.63, 3.8) is 0 Å². The van der Waals surface area contributed by atoms with Gasteiger partial charge in [0.25, 0.3) is 0 Å². The summed E-state index contributed by atoms with van der Waals surface area (Å²) in [5.74, 6) is -2.58. The van der Waals surface area contributed by atoms with Gasteiger partial charge in [-0.2, -0.15) is 0 Å². The van der Waals surface area contributed by atoms with Crippen molar-refractivity contribution < 1.29 is 43.3 Å². The maximum atomic E-state index is 15.4. The van der Waals surface area contributed by atoms with Crippen LogP contribution in [0.15, 0.2) is 107 Å². The number of nitrogens with two attached hydrogens (primary N) is 1. The van der Waals surface area contributed by atoms with Gasteiger partial charge in [0.2, 0.25) is 11.3 Å². The lowest BCUT2D eigenvalue weighted by Crippen LogP contribution is -2.54. The van der Waals surface area contributed by atoms with Gasteiger partial charge in [0.05, 0.1) is 17.2 Å². The molecule has 7 N–H and O–H groups in total. The predicted molar refractivity (Wildman–Crippen MR) is 242 cm³/mol. The lowest BCUT2D eigenvalue weighted by Gasteiger charge is -2.35. The van der Waals surface area contributed by atoms with Crippen molar-refractivity contribution >= 4 is 57.7 Å². The molecule has 3 heterocycles. The molecule has 16 nitrogen and oxygen atoms in total. The molecule has 338 valence electrons. The van der Waals surface area contributed by atoms with E-state index in [-0.39, 0.29) is 43.8 Å². The average Bonchev–Trinajstić information content (AvgIpc) is 3.82. The van der Waals surface area contributed by atoms with Crippen LogP contribution in [0.5, 0.6) is 0 Å². The Hall–Kier alpha value is -6.76. The molecular weight excluding hydrogens is 846 g/mol. The number of piperazine rings is 1. The number of rotatable bonds is 19. The number of unbranched alkanes of at least 4 members (excludes halogenated alkanes) is 1. The van der Waals surface area contributed by atoms with Crippen LogP contribution in [-0.2, 0) is 40.4 Å². The molecule has 6 rings (SSSR count). The predicted octanol–water partition coefficient (Wildman–Crippen LogP) is 5.43. The number of ether oxygens (including phenoxy) is 2. The number of nitrogens with zero attached hydrogens (tertiary/aromatic N) is 3. The van der Waals surface area contributed by atoms with Crippen LogP contribution in [0.4, 0.5) is 25.4 Å². The molecule has 0 spiro atoms. The number of aryl methyl sites for hydroxylation is 1. The van der Waals surface area contributed by atoms with Gasteiger partial charge in [0.15, 0.2) is 0 Å². The summed E-state index contributed by atoms with van der Waals surface area (Å²) in [5.41, 5.74) is 7.13. The summed E-state index contributed by atoms with van der Waals surface area (Å²) in [6.45, 7) is 3.70. The third-order valence-corrected chi connectivity index (χ3v) is 11.5. The van der Waals surface area contributed by atoms with Gasteiger partial charge in [-0.25, -0.2) is 18.8 Å². The summed E-state index contributed by atoms with van der Waals surface area (Å²) in [7, 11) is 0. The Morgan fingerprint density at radius 3 is 2.33 bits per heavy atom. The van der Waals surface area contributed by atoms with Gasteiger partial charge >= 0.3 is 18.2 Å². The van der Waals surface area contributed by atoms with Crippen molar-refractivity contribution in [3.05, 3.63) is 140 Å². The molecule has 3 aromatic carbocycles. The van der Waals surface area contributed by atoms with Crippen LogP contribution in [0, 0.1) is 5.82 Å². The number of fused-ring (bicyclic) bond motifs is 1. The number of aliphatic hydroxyl groups excluding tert-OH is 1. The van der Waals surface area contributed by atoms with E-state index in [0.29, 0.717) is 55.8 Å². The first-order chi connectivity index (χ1) is 30.9. The van der Waals surface area contributed by atoms with E-state index < -0.39 is 59.2 Å². The van der Waals surface area contributed by atoms with Gasteiger partial charge in [0, 0.05) is 61.3 Å². The molecule has 0 saturated carbocycles. The number of carbonyl (C=O) groups is 4. The molecule has 0 bridgehead atoms. The van der Waals surface area contributed by atoms with E-state index in [9.17, 15) is 34.2 Å². The highest BCUT2D eigenvalue weighted by Gasteiger charge is 2.28. The highest BCUT2D eigenvalue weighted by molar-refractivity contribution is 7.09. The number of alkyl carbamates (subject to hydrolysis) is 1. The van der Waals surface area contributed by atoms with E-state index in [2.05, 4.69) is 16.0 Å². The number of carboxylic acids is 1. The number of hydrogen-bond donors (Lipinski definition) is 6. The molecular formula is C46H52FN7O9S. The Morgan fingerprint density at radius 1 is 0.938 bits per heavy atom. The summed E-state index contributed by atoms with van der Waals surface area (Å²) in [6, 6.07) is 20.4. The normalized spacial score (nSPS) is 14.2. The van der Waals surface area contributed by atoms with Crippen molar-refractivity contribution in [2.75, 3.05) is 42.9 Å². The smallest absolute Gasteiger partial charge is 0.410 e. The number of pyridine rings is 1. The van der Waals surface area contributed by atoms with Gasteiger partial charge in [-0.05, 0) is 73.1 Å². The topological polar surface area (TPSA) is 218 Å². The first kappa shape index (κ1) is 46.7. The van der Waals surface area contributed by atoms with Crippen LogP contribution in [0.3, 0.4) is 0 Å². The molecule has 0 aliphatic carbocycles. The molecule has 3 amide bonds. The summed E-state index contributed by atoms with van der Waals surface area (Å²) >= 11 is 1.44. The molecule has 2 aromatic heterocycles. The van der Waals surface area contributed by atoms with E-state index in [0.717, 1.165) is 16.5 Å². The Morgan fingerprint density at radius 2 is 1.66 bits per heavy atom. The van der Waals surface area contributed by atoms with E-state index in [4.69, 9.17) is 15.2 Å². The zero-order valence-corrected chi connectivity index (χ0v) is 36.1. The van der Waals surface area contributed by atoms with Crippen molar-refractivity contribution in [3.8, 4) is 0 Å². The number of halogens is 1. The van der Waals surface area contributed by atoms with E-state index >= 15 is 4.39 Å². The molecule has 3 unspecified atom stereocenters. The molecule has 1 fully saturated rings. The summed E-state index contributed by atoms with van der Waals surface area (Å²) < 4.78 is 28.0. The first-order valence-corrected chi connectivity index (χ1v) is 21.8. The second-order valence-electron chi connectivity index (χ2n) is 15.0. The Balaban J connectivity index is 1.02. The standard InChI is InChI=1S/C46H52FN7O9S/c1-2-52-27-35(44(58)59)41(55)34-25-36(47)40(26-39(34)52)53-19-21-54(22-20-53)46(61)63-29-31-14-16-32(17-15-31)49-42(56)37(13-7-4-8-18-48)50-43(57)38(24-33-12-9-23-64-33)51-45(60)62-28-30-10-5-3-6-11-30/h3,5-7,9-17,23,25-27,37-38,42,49,56H,2,4,8,18-22,24,28-29,48H2,1H3,(H,50,57)(H,51,60)(H,58,59)/b13-7+. The number of carboxylic acid groups (broad SMARTS) is 1. The molecule has 64 heavy (non-hydrogen) atoms. The number of aliphatic hydroxyl groups is 1. The van der Waals surface area contributed by atoms with E-state index in [1.54, 1.807) is 52.8 Å². The van der Waals surface area contributed by atoms with Gasteiger partial charge in [-0.15, -0.1) is 11.3 Å². The number of allylic oxidation sites excluding steroid dienone is 1. The molecule has 18 heteroatoms. The van der Waals surface area contributed by atoms with Crippen LogP contribution < -0.4 is 32.0 Å². The largest absolute Gasteiger partial charge is 0.477 e. The van der Waals surface area contributed by atoms with Crippen LogP contribution in [0.2, 0.25) is 0 Å². The fraction of sp³-hybridized carbons (Fsp3) is 0.326. The number of hydrogen-bond acceptors (Lipinski definition) is 12. The highest BCUT2D eigenvalue weighted by atomic mass is 32.1. The quantitative estimate of drug-likeness (QED) is 0.0348. The molecule has 1 aliphatic heterocycles. The molecule has 0 radical (unpaired) electrons. The van der Waals surface area contributed by atoms with Crippen LogP contribution in [-0.4, -0.2) is 94.8 Å².